The molecule has 1 heterocycles. The van der Waals surface area contributed by atoms with Crippen molar-refractivity contribution in [2.24, 2.45) is 5.73 Å². The number of halogens is 2. The third-order valence-electron chi connectivity index (χ3n) is 1.95. The van der Waals surface area contributed by atoms with Crippen LogP contribution in [0.15, 0.2) is 12.1 Å². The van der Waals surface area contributed by atoms with Crippen molar-refractivity contribution in [3.05, 3.63) is 29.6 Å². The van der Waals surface area contributed by atoms with Crippen LogP contribution in [0.4, 0.5) is 8.78 Å². The summed E-state index contributed by atoms with van der Waals surface area (Å²) < 4.78 is 25.3. The van der Waals surface area contributed by atoms with Crippen molar-refractivity contribution in [2.75, 3.05) is 6.54 Å². The number of rotatable bonds is 4. The molecule has 0 aliphatic rings. The van der Waals surface area contributed by atoms with Gasteiger partial charge in [-0.15, -0.1) is 0 Å². The van der Waals surface area contributed by atoms with Gasteiger partial charge in [0.25, 0.3) is 0 Å². The first-order valence-corrected chi connectivity index (χ1v) is 4.43. The molecule has 0 saturated carbocycles. The van der Waals surface area contributed by atoms with Crippen LogP contribution >= 0.6 is 0 Å². The van der Waals surface area contributed by atoms with Crippen LogP contribution in [0.2, 0.25) is 0 Å². The highest BCUT2D eigenvalue weighted by molar-refractivity contribution is 5.16. The number of pyridine rings is 1. The molecular weight excluding hydrogens is 206 g/mol. The highest BCUT2D eigenvalue weighted by Gasteiger charge is 2.19. The Morgan fingerprint density at radius 1 is 1.27 bits per heavy atom. The summed E-state index contributed by atoms with van der Waals surface area (Å²) in [4.78, 5) is 2.87. The van der Waals surface area contributed by atoms with E-state index in [0.717, 1.165) is 12.1 Å². The molecular formula is C9H12F2N2O2. The number of nitrogens with zero attached hydrogens (tertiary/aromatic N) is 1. The van der Waals surface area contributed by atoms with Crippen molar-refractivity contribution in [2.45, 2.75) is 18.6 Å². The molecule has 2 atom stereocenters. The maximum atomic E-state index is 12.7. The molecule has 0 amide bonds. The van der Waals surface area contributed by atoms with Crippen molar-refractivity contribution in [3.63, 3.8) is 0 Å². The summed E-state index contributed by atoms with van der Waals surface area (Å²) in [6, 6.07) is 1.74. The van der Waals surface area contributed by atoms with Gasteiger partial charge in [0.05, 0.1) is 6.10 Å². The molecule has 0 fully saturated rings. The summed E-state index contributed by atoms with van der Waals surface area (Å²) in [6.07, 6.45) is -2.36. The summed E-state index contributed by atoms with van der Waals surface area (Å²) in [5.74, 6) is -2.08. The number of hydrogen-bond donors (Lipinski definition) is 3. The summed E-state index contributed by atoms with van der Waals surface area (Å²) in [5, 5.41) is 18.9. The molecule has 0 saturated heterocycles. The van der Waals surface area contributed by atoms with Crippen molar-refractivity contribution in [1.29, 1.82) is 0 Å². The predicted molar refractivity (Wildman–Crippen MR) is 48.8 cm³/mol. The van der Waals surface area contributed by atoms with Crippen LogP contribution in [0.1, 0.15) is 18.1 Å². The third kappa shape index (κ3) is 3.19. The lowest BCUT2D eigenvalue weighted by molar-refractivity contribution is 0.0146. The topological polar surface area (TPSA) is 79.4 Å². The molecule has 0 spiro atoms. The van der Waals surface area contributed by atoms with Gasteiger partial charge in [0.15, 0.2) is 0 Å². The van der Waals surface area contributed by atoms with E-state index in [1.807, 2.05) is 0 Å². The Kier molecular flexibility index (Phi) is 4.07. The molecule has 15 heavy (non-hydrogen) atoms. The Labute approximate surface area is 85.4 Å². The van der Waals surface area contributed by atoms with Crippen LogP contribution in [0.25, 0.3) is 0 Å². The second-order valence-corrected chi connectivity index (χ2v) is 3.14. The fourth-order valence-corrected chi connectivity index (χ4v) is 1.20. The lowest BCUT2D eigenvalue weighted by atomic mass is 10.0. The molecule has 1 rings (SSSR count). The fraction of sp³-hybridized carbons (Fsp3) is 0.444. The predicted octanol–water partition coefficient (Wildman–Crippen LogP) is 0.103. The van der Waals surface area contributed by atoms with Gasteiger partial charge < -0.3 is 15.9 Å². The van der Waals surface area contributed by atoms with Crippen molar-refractivity contribution >= 4 is 0 Å². The first kappa shape index (κ1) is 12.0. The van der Waals surface area contributed by atoms with E-state index in [1.54, 1.807) is 0 Å². The van der Waals surface area contributed by atoms with Crippen LogP contribution < -0.4 is 5.73 Å². The van der Waals surface area contributed by atoms with Crippen molar-refractivity contribution in [3.8, 4) is 0 Å². The van der Waals surface area contributed by atoms with Crippen LogP contribution in [0.5, 0.6) is 0 Å². The third-order valence-corrected chi connectivity index (χ3v) is 1.95. The fourth-order valence-electron chi connectivity index (χ4n) is 1.20. The van der Waals surface area contributed by atoms with E-state index >= 15 is 0 Å². The van der Waals surface area contributed by atoms with Crippen molar-refractivity contribution in [1.82, 2.24) is 4.98 Å². The zero-order valence-corrected chi connectivity index (χ0v) is 7.90. The average Bonchev–Trinajstić information content (AvgIpc) is 2.15. The molecule has 4 N–H and O–H groups in total. The van der Waals surface area contributed by atoms with E-state index in [-0.39, 0.29) is 18.5 Å². The maximum absolute atomic E-state index is 12.7. The standard InChI is InChI=1S/C9H12F2N2O2/c10-7-3-5(4-8(11)13-7)9(15)6(14)1-2-12/h3-4,6,9,14-15H,1-2,12H2. The monoisotopic (exact) mass is 218 g/mol. The molecule has 1 aromatic heterocycles. The zero-order chi connectivity index (χ0) is 11.4. The van der Waals surface area contributed by atoms with Crippen molar-refractivity contribution < 1.29 is 19.0 Å². The summed E-state index contributed by atoms with van der Waals surface area (Å²) in [5.41, 5.74) is 5.12. The van der Waals surface area contributed by atoms with Crippen LogP contribution in [0.3, 0.4) is 0 Å². The SMILES string of the molecule is NCCC(O)C(O)c1cc(F)nc(F)c1. The molecule has 0 aromatic carbocycles. The Balaban J connectivity index is 2.85. The Bertz CT molecular complexity index is 316. The molecule has 0 aliphatic carbocycles. The highest BCUT2D eigenvalue weighted by Crippen LogP contribution is 2.19. The molecule has 0 bridgehead atoms. The lowest BCUT2D eigenvalue weighted by Gasteiger charge is -2.17. The second-order valence-electron chi connectivity index (χ2n) is 3.14. The normalized spacial score (nSPS) is 15.0. The Hall–Kier alpha value is -1.11. The number of aromatic nitrogens is 1. The van der Waals surface area contributed by atoms with Gasteiger partial charge >= 0.3 is 0 Å². The van der Waals surface area contributed by atoms with Gasteiger partial charge in [-0.1, -0.05) is 0 Å². The van der Waals surface area contributed by atoms with E-state index in [2.05, 4.69) is 4.98 Å². The molecule has 6 heteroatoms. The quantitative estimate of drug-likeness (QED) is 0.626. The summed E-state index contributed by atoms with van der Waals surface area (Å²) >= 11 is 0. The molecule has 1 aromatic rings. The smallest absolute Gasteiger partial charge is 0.215 e. The first-order chi connectivity index (χ1) is 7.04. The molecule has 0 aliphatic heterocycles. The Morgan fingerprint density at radius 2 is 1.80 bits per heavy atom. The average molecular weight is 218 g/mol. The van der Waals surface area contributed by atoms with Gasteiger partial charge in [-0.05, 0) is 30.7 Å². The lowest BCUT2D eigenvalue weighted by Crippen LogP contribution is -2.22. The van der Waals surface area contributed by atoms with E-state index in [9.17, 15) is 19.0 Å². The first-order valence-electron chi connectivity index (χ1n) is 4.43. The van der Waals surface area contributed by atoms with Crippen LogP contribution in [-0.4, -0.2) is 27.8 Å². The minimum absolute atomic E-state index is 0.0547. The van der Waals surface area contributed by atoms with Gasteiger partial charge in [0, 0.05) is 0 Å². The van der Waals surface area contributed by atoms with Gasteiger partial charge in [0.2, 0.25) is 11.9 Å². The maximum Gasteiger partial charge on any atom is 0.215 e. The number of aliphatic hydroxyl groups excluding tert-OH is 2. The second kappa shape index (κ2) is 5.11. The molecule has 4 nitrogen and oxygen atoms in total. The molecule has 0 radical (unpaired) electrons. The summed E-state index contributed by atoms with van der Waals surface area (Å²) in [6.45, 7) is 0.175. The summed E-state index contributed by atoms with van der Waals surface area (Å²) in [7, 11) is 0. The van der Waals surface area contributed by atoms with Gasteiger partial charge in [-0.3, -0.25) is 0 Å². The zero-order valence-electron chi connectivity index (χ0n) is 7.90. The van der Waals surface area contributed by atoms with Gasteiger partial charge in [-0.25, -0.2) is 0 Å². The number of aliphatic hydroxyl groups is 2. The van der Waals surface area contributed by atoms with E-state index < -0.39 is 24.1 Å². The van der Waals surface area contributed by atoms with Crippen LogP contribution in [0, 0.1) is 11.9 Å². The number of hydrogen-bond acceptors (Lipinski definition) is 4. The van der Waals surface area contributed by atoms with Crippen LogP contribution in [-0.2, 0) is 0 Å². The minimum Gasteiger partial charge on any atom is -0.390 e. The number of nitrogens with two attached hydrogens (primary N) is 1. The molecule has 84 valence electrons. The highest BCUT2D eigenvalue weighted by atomic mass is 19.1. The largest absolute Gasteiger partial charge is 0.390 e. The van der Waals surface area contributed by atoms with E-state index in [4.69, 9.17) is 5.73 Å². The van der Waals surface area contributed by atoms with Gasteiger partial charge in [0.1, 0.15) is 6.10 Å². The minimum atomic E-state index is -1.36. The Morgan fingerprint density at radius 3 is 2.27 bits per heavy atom. The van der Waals surface area contributed by atoms with E-state index in [1.165, 1.54) is 0 Å². The van der Waals surface area contributed by atoms with Gasteiger partial charge in [-0.2, -0.15) is 13.8 Å². The van der Waals surface area contributed by atoms with E-state index in [0.29, 0.717) is 0 Å². The molecule has 2 unspecified atom stereocenters.